The molecule has 1 atom stereocenters. The third-order valence-corrected chi connectivity index (χ3v) is 7.64. The first-order valence-corrected chi connectivity index (χ1v) is 7.33. The fourth-order valence-electron chi connectivity index (χ4n) is 1.80. The minimum Gasteiger partial charge on any atom is -0.394 e. The first kappa shape index (κ1) is 10.6. The van der Waals surface area contributed by atoms with Crippen LogP contribution in [0.1, 0.15) is 26.7 Å². The van der Waals surface area contributed by atoms with E-state index in [4.69, 9.17) is 8.85 Å². The molecule has 0 aromatic carbocycles. The zero-order valence-electron chi connectivity index (χ0n) is 7.88. The van der Waals surface area contributed by atoms with Crippen LogP contribution in [0.5, 0.6) is 0 Å². The molecule has 1 aliphatic rings. The average molecular weight is 206 g/mol. The first-order chi connectivity index (χ1) is 5.75. The van der Waals surface area contributed by atoms with Crippen molar-refractivity contribution in [3.05, 3.63) is 0 Å². The molecule has 0 radical (unpaired) electrons. The van der Waals surface area contributed by atoms with Gasteiger partial charge < -0.3 is 8.85 Å². The summed E-state index contributed by atoms with van der Waals surface area (Å²) in [6.07, 6.45) is 2.38. The van der Waals surface area contributed by atoms with Crippen LogP contribution in [0.3, 0.4) is 0 Å². The van der Waals surface area contributed by atoms with Crippen molar-refractivity contribution in [3.63, 3.8) is 0 Å². The van der Waals surface area contributed by atoms with Gasteiger partial charge >= 0.3 is 8.56 Å². The summed E-state index contributed by atoms with van der Waals surface area (Å²) in [6, 6.07) is 1.13. The molecule has 0 amide bonds. The van der Waals surface area contributed by atoms with Crippen LogP contribution in [0.4, 0.5) is 0 Å². The molecule has 0 aliphatic carbocycles. The molecule has 0 aromatic heterocycles. The highest BCUT2D eigenvalue weighted by Gasteiger charge is 2.47. The highest BCUT2D eigenvalue weighted by atomic mass is 32.1. The lowest BCUT2D eigenvalue weighted by Crippen LogP contribution is -2.47. The lowest BCUT2D eigenvalue weighted by atomic mass is 10.4. The van der Waals surface area contributed by atoms with Gasteiger partial charge in [-0.05, 0) is 26.3 Å². The summed E-state index contributed by atoms with van der Waals surface area (Å²) in [5, 5.41) is 0. The average Bonchev–Trinajstić information content (AvgIpc) is 2.35. The zero-order chi connectivity index (χ0) is 9.03. The van der Waals surface area contributed by atoms with Gasteiger partial charge in [-0.1, -0.05) is 6.42 Å². The van der Waals surface area contributed by atoms with E-state index in [1.165, 1.54) is 6.42 Å². The molecule has 1 fully saturated rings. The first-order valence-electron chi connectivity index (χ1n) is 4.71. The fraction of sp³-hybridized carbons (Fsp3) is 1.00. The van der Waals surface area contributed by atoms with Crippen molar-refractivity contribution in [2.45, 2.75) is 37.6 Å². The lowest BCUT2D eigenvalue weighted by molar-refractivity contribution is 0.187. The van der Waals surface area contributed by atoms with Gasteiger partial charge in [-0.15, -0.1) is 0 Å². The molecule has 0 saturated carbocycles. The van der Waals surface area contributed by atoms with Gasteiger partial charge in [0.25, 0.3) is 0 Å². The van der Waals surface area contributed by atoms with Crippen molar-refractivity contribution in [2.24, 2.45) is 0 Å². The normalized spacial score (nSPS) is 27.8. The SMILES string of the molecule is CCO[Si]1(OCC)CCCC1S. The highest BCUT2D eigenvalue weighted by Crippen LogP contribution is 2.34. The van der Waals surface area contributed by atoms with Crippen molar-refractivity contribution in [2.75, 3.05) is 13.2 Å². The maximum Gasteiger partial charge on any atom is 0.351 e. The molecular weight excluding hydrogens is 188 g/mol. The Morgan fingerprint density at radius 2 is 1.92 bits per heavy atom. The zero-order valence-corrected chi connectivity index (χ0v) is 9.77. The minimum atomic E-state index is -1.87. The van der Waals surface area contributed by atoms with Crippen LogP contribution < -0.4 is 0 Å². The Morgan fingerprint density at radius 1 is 1.33 bits per heavy atom. The third kappa shape index (κ3) is 2.04. The second kappa shape index (κ2) is 4.65. The monoisotopic (exact) mass is 206 g/mol. The Morgan fingerprint density at radius 3 is 2.25 bits per heavy atom. The molecule has 0 N–H and O–H groups in total. The summed E-state index contributed by atoms with van der Waals surface area (Å²) in [5.41, 5.74) is 0. The number of hydrogen-bond donors (Lipinski definition) is 1. The van der Waals surface area contributed by atoms with Gasteiger partial charge in [-0.2, -0.15) is 12.6 Å². The van der Waals surface area contributed by atoms with Crippen LogP contribution >= 0.6 is 12.6 Å². The van der Waals surface area contributed by atoms with E-state index in [9.17, 15) is 0 Å². The Bertz CT molecular complexity index is 137. The third-order valence-electron chi connectivity index (χ3n) is 2.29. The Hall–Kier alpha value is 0.487. The van der Waals surface area contributed by atoms with Crippen LogP contribution in [0.2, 0.25) is 6.04 Å². The molecule has 0 spiro atoms. The molecular formula is C8H18O2SSi. The second-order valence-electron chi connectivity index (χ2n) is 3.09. The molecule has 2 nitrogen and oxygen atoms in total. The Balaban J connectivity index is 2.57. The smallest absolute Gasteiger partial charge is 0.351 e. The second-order valence-corrected chi connectivity index (χ2v) is 7.59. The molecule has 1 heterocycles. The highest BCUT2D eigenvalue weighted by molar-refractivity contribution is 7.83. The van der Waals surface area contributed by atoms with Gasteiger partial charge in [0.05, 0.1) is 0 Å². The van der Waals surface area contributed by atoms with E-state index < -0.39 is 8.56 Å². The van der Waals surface area contributed by atoms with Crippen molar-refractivity contribution in [1.82, 2.24) is 0 Å². The van der Waals surface area contributed by atoms with Gasteiger partial charge in [0, 0.05) is 18.1 Å². The number of rotatable bonds is 4. The molecule has 12 heavy (non-hydrogen) atoms. The number of hydrogen-bond acceptors (Lipinski definition) is 3. The van der Waals surface area contributed by atoms with Gasteiger partial charge in [0.2, 0.25) is 0 Å². The molecule has 72 valence electrons. The molecule has 1 saturated heterocycles. The van der Waals surface area contributed by atoms with E-state index in [-0.39, 0.29) is 0 Å². The minimum absolute atomic E-state index is 0.386. The lowest BCUT2D eigenvalue weighted by Gasteiger charge is -2.28. The summed E-state index contributed by atoms with van der Waals surface area (Å²) in [4.78, 5) is 0.386. The Labute approximate surface area is 81.3 Å². The van der Waals surface area contributed by atoms with Crippen molar-refractivity contribution < 1.29 is 8.85 Å². The van der Waals surface area contributed by atoms with Crippen LogP contribution in [-0.2, 0) is 8.85 Å². The molecule has 1 rings (SSSR count). The van der Waals surface area contributed by atoms with Crippen LogP contribution in [-0.4, -0.2) is 26.6 Å². The predicted molar refractivity (Wildman–Crippen MR) is 55.8 cm³/mol. The van der Waals surface area contributed by atoms with Crippen LogP contribution in [0.15, 0.2) is 0 Å². The van der Waals surface area contributed by atoms with Crippen molar-refractivity contribution in [3.8, 4) is 0 Å². The standard InChI is InChI=1S/C8H18O2SSi/c1-3-9-12(10-4-2)7-5-6-8(12)11/h8,11H,3-7H2,1-2H3. The van der Waals surface area contributed by atoms with Crippen molar-refractivity contribution in [1.29, 1.82) is 0 Å². The quantitative estimate of drug-likeness (QED) is 0.561. The predicted octanol–water partition coefficient (Wildman–Crippen LogP) is 2.13. The van der Waals surface area contributed by atoms with Gasteiger partial charge in [0.1, 0.15) is 0 Å². The maximum atomic E-state index is 5.78. The maximum absolute atomic E-state index is 5.78. The summed E-state index contributed by atoms with van der Waals surface area (Å²) < 4.78 is 11.6. The Kier molecular flexibility index (Phi) is 4.09. The summed E-state index contributed by atoms with van der Waals surface area (Å²) in [6.45, 7) is 5.60. The molecule has 1 aliphatic heterocycles. The van der Waals surface area contributed by atoms with Crippen LogP contribution in [0.25, 0.3) is 0 Å². The van der Waals surface area contributed by atoms with E-state index in [1.807, 2.05) is 13.8 Å². The van der Waals surface area contributed by atoms with Crippen LogP contribution in [0, 0.1) is 0 Å². The molecule has 1 unspecified atom stereocenters. The van der Waals surface area contributed by atoms with E-state index in [0.29, 0.717) is 4.87 Å². The van der Waals surface area contributed by atoms with Gasteiger partial charge in [0.15, 0.2) is 0 Å². The molecule has 0 bridgehead atoms. The summed E-state index contributed by atoms with van der Waals surface area (Å²) in [5.74, 6) is 0. The van der Waals surface area contributed by atoms with E-state index in [1.54, 1.807) is 0 Å². The topological polar surface area (TPSA) is 18.5 Å². The summed E-state index contributed by atoms with van der Waals surface area (Å²) >= 11 is 4.55. The van der Waals surface area contributed by atoms with Crippen molar-refractivity contribution >= 4 is 21.2 Å². The van der Waals surface area contributed by atoms with Gasteiger partial charge in [-0.3, -0.25) is 0 Å². The molecule has 0 aromatic rings. The van der Waals surface area contributed by atoms with Gasteiger partial charge in [-0.25, -0.2) is 0 Å². The van der Waals surface area contributed by atoms with E-state index in [2.05, 4.69) is 12.6 Å². The van der Waals surface area contributed by atoms with E-state index in [0.717, 1.165) is 25.7 Å². The fourth-order valence-corrected chi connectivity index (χ4v) is 6.22. The number of thiol groups is 1. The molecule has 4 heteroatoms. The largest absolute Gasteiger partial charge is 0.394 e. The van der Waals surface area contributed by atoms with E-state index >= 15 is 0 Å². The summed E-state index contributed by atoms with van der Waals surface area (Å²) in [7, 11) is -1.87.